The van der Waals surface area contributed by atoms with Crippen molar-refractivity contribution in [1.82, 2.24) is 4.98 Å². The van der Waals surface area contributed by atoms with E-state index < -0.39 is 5.97 Å². The number of anilines is 1. The molecule has 3 rings (SSSR count). The van der Waals surface area contributed by atoms with Gasteiger partial charge in [0.15, 0.2) is 0 Å². The summed E-state index contributed by atoms with van der Waals surface area (Å²) in [6, 6.07) is 17.9. The number of aromatic nitrogens is 1. The Balaban J connectivity index is 2.14. The highest BCUT2D eigenvalue weighted by molar-refractivity contribution is 5.97. The first kappa shape index (κ1) is 20.3. The Labute approximate surface area is 171 Å². The summed E-state index contributed by atoms with van der Waals surface area (Å²) in [5.41, 5.74) is 4.55. The molecule has 5 heteroatoms. The molecular weight excluding hydrogens is 362 g/mol. The molecule has 5 nitrogen and oxygen atoms in total. The van der Waals surface area contributed by atoms with Crippen molar-refractivity contribution in [3.05, 3.63) is 59.7 Å². The van der Waals surface area contributed by atoms with Crippen LogP contribution < -0.4 is 4.90 Å². The maximum atomic E-state index is 11.1. The van der Waals surface area contributed by atoms with Crippen molar-refractivity contribution in [2.75, 3.05) is 18.5 Å². The summed E-state index contributed by atoms with van der Waals surface area (Å²) in [4.78, 5) is 17.5. The van der Waals surface area contributed by atoms with E-state index in [1.54, 1.807) is 18.0 Å². The van der Waals surface area contributed by atoms with Gasteiger partial charge in [0.2, 0.25) is 0 Å². The molecule has 2 aromatic carbocycles. The van der Waals surface area contributed by atoms with E-state index in [9.17, 15) is 10.1 Å². The Kier molecular flexibility index (Phi) is 6.46. The fourth-order valence-corrected chi connectivity index (χ4v) is 3.47. The smallest absolute Gasteiger partial charge is 0.323 e. The van der Waals surface area contributed by atoms with Gasteiger partial charge < -0.3 is 10.0 Å². The van der Waals surface area contributed by atoms with Gasteiger partial charge in [-0.15, -0.1) is 0 Å². The number of aliphatic carboxylic acids is 1. The molecule has 0 saturated carbocycles. The van der Waals surface area contributed by atoms with Gasteiger partial charge in [-0.1, -0.05) is 38.0 Å². The van der Waals surface area contributed by atoms with E-state index in [-0.39, 0.29) is 6.54 Å². The highest BCUT2D eigenvalue weighted by atomic mass is 16.4. The average Bonchev–Trinajstić information content (AvgIpc) is 2.72. The minimum atomic E-state index is -0.909. The second-order valence-electron chi connectivity index (χ2n) is 7.28. The molecule has 29 heavy (non-hydrogen) atoms. The highest BCUT2D eigenvalue weighted by Gasteiger charge is 2.14. The third-order valence-corrected chi connectivity index (χ3v) is 4.99. The van der Waals surface area contributed by atoms with Crippen molar-refractivity contribution in [3.63, 3.8) is 0 Å². The maximum Gasteiger partial charge on any atom is 0.323 e. The first-order chi connectivity index (χ1) is 14.0. The van der Waals surface area contributed by atoms with Crippen molar-refractivity contribution in [2.45, 2.75) is 32.6 Å². The van der Waals surface area contributed by atoms with Crippen molar-refractivity contribution in [3.8, 4) is 17.2 Å². The van der Waals surface area contributed by atoms with Crippen LogP contribution in [0.3, 0.4) is 0 Å². The number of nitrogens with zero attached hydrogens (tertiary/aromatic N) is 3. The predicted octanol–water partition coefficient (Wildman–Crippen LogP) is 5.03. The van der Waals surface area contributed by atoms with Gasteiger partial charge in [-0.25, -0.2) is 4.98 Å². The molecule has 0 saturated heterocycles. The summed E-state index contributed by atoms with van der Waals surface area (Å²) in [7, 11) is 1.72. The van der Waals surface area contributed by atoms with E-state index in [4.69, 9.17) is 10.1 Å². The van der Waals surface area contributed by atoms with Crippen LogP contribution in [0.15, 0.2) is 48.5 Å². The van der Waals surface area contributed by atoms with Gasteiger partial charge in [-0.3, -0.25) is 4.79 Å². The second-order valence-corrected chi connectivity index (χ2v) is 7.28. The molecule has 0 aliphatic heterocycles. The molecule has 0 unspecified atom stereocenters. The molecule has 0 radical (unpaired) electrons. The van der Waals surface area contributed by atoms with Gasteiger partial charge in [-0.2, -0.15) is 5.26 Å². The van der Waals surface area contributed by atoms with E-state index in [0.717, 1.165) is 34.9 Å². The van der Waals surface area contributed by atoms with Crippen molar-refractivity contribution in [2.24, 2.45) is 0 Å². The number of pyridine rings is 1. The first-order valence-corrected chi connectivity index (χ1v) is 9.89. The third kappa shape index (κ3) is 4.91. The first-order valence-electron chi connectivity index (χ1n) is 9.89. The van der Waals surface area contributed by atoms with Crippen LogP contribution in [0.25, 0.3) is 22.0 Å². The zero-order chi connectivity index (χ0) is 20.8. The predicted molar refractivity (Wildman–Crippen MR) is 116 cm³/mol. The van der Waals surface area contributed by atoms with Gasteiger partial charge in [0, 0.05) is 12.4 Å². The zero-order valence-electron chi connectivity index (χ0n) is 16.9. The minimum Gasteiger partial charge on any atom is -0.480 e. The normalized spacial score (nSPS) is 10.7. The molecule has 3 aromatic rings. The van der Waals surface area contributed by atoms with Crippen LogP contribution in [0.4, 0.5) is 5.82 Å². The largest absolute Gasteiger partial charge is 0.480 e. The Morgan fingerprint density at radius 3 is 2.72 bits per heavy atom. The Morgan fingerprint density at radius 2 is 2.00 bits per heavy atom. The lowest BCUT2D eigenvalue weighted by molar-refractivity contribution is -0.135. The summed E-state index contributed by atoms with van der Waals surface area (Å²) < 4.78 is 0. The fourth-order valence-electron chi connectivity index (χ4n) is 3.47. The average molecular weight is 387 g/mol. The van der Waals surface area contributed by atoms with Crippen LogP contribution in [0, 0.1) is 11.3 Å². The number of carboxylic acids is 1. The van der Waals surface area contributed by atoms with E-state index in [0.29, 0.717) is 11.4 Å². The number of unbranched alkanes of at least 4 members (excludes halogenated alkanes) is 2. The van der Waals surface area contributed by atoms with Crippen LogP contribution in [0.1, 0.15) is 37.3 Å². The lowest BCUT2D eigenvalue weighted by Crippen LogP contribution is -2.26. The lowest BCUT2D eigenvalue weighted by Gasteiger charge is -2.19. The molecule has 1 N–H and O–H groups in total. The molecular formula is C24H25N3O2. The molecule has 0 bridgehead atoms. The zero-order valence-corrected chi connectivity index (χ0v) is 16.9. The van der Waals surface area contributed by atoms with Crippen LogP contribution in [0.2, 0.25) is 0 Å². The van der Waals surface area contributed by atoms with E-state index in [1.807, 2.05) is 30.3 Å². The topological polar surface area (TPSA) is 77.2 Å². The van der Waals surface area contributed by atoms with Gasteiger partial charge in [0.25, 0.3) is 0 Å². The number of rotatable bonds is 8. The number of carboxylic acid groups (broad SMARTS) is 1. The molecule has 0 atom stereocenters. The minimum absolute atomic E-state index is 0.134. The molecule has 1 aromatic heterocycles. The number of nitriles is 1. The van der Waals surface area contributed by atoms with Gasteiger partial charge in [0.1, 0.15) is 12.4 Å². The standard InChI is InChI=1S/C24H25N3O2/c1-3-4-5-7-17-10-11-22-21(13-17)20(19-9-6-8-18(12-19)15-25)14-23(26-22)27(2)16-24(28)29/h6,8-14H,3-5,7,16H2,1-2H3,(H,28,29). The molecule has 0 fully saturated rings. The summed E-state index contributed by atoms with van der Waals surface area (Å²) in [6.45, 7) is 2.06. The number of aryl methyl sites for hydroxylation is 1. The SMILES string of the molecule is CCCCCc1ccc2nc(N(C)CC(=O)O)cc(-c3cccc(C#N)c3)c2c1. The summed E-state index contributed by atoms with van der Waals surface area (Å²) in [6.07, 6.45) is 4.54. The second kappa shape index (κ2) is 9.20. The Hall–Kier alpha value is -3.39. The maximum absolute atomic E-state index is 11.1. The Bertz CT molecular complexity index is 1070. The van der Waals surface area contributed by atoms with Gasteiger partial charge in [-0.05, 0) is 59.9 Å². The lowest BCUT2D eigenvalue weighted by atomic mass is 9.96. The highest BCUT2D eigenvalue weighted by Crippen LogP contribution is 2.32. The van der Waals surface area contributed by atoms with Gasteiger partial charge >= 0.3 is 5.97 Å². The molecule has 0 amide bonds. The van der Waals surface area contributed by atoms with Crippen LogP contribution in [0.5, 0.6) is 0 Å². The third-order valence-electron chi connectivity index (χ3n) is 4.99. The van der Waals surface area contributed by atoms with E-state index in [1.165, 1.54) is 18.4 Å². The number of hydrogen-bond donors (Lipinski definition) is 1. The summed E-state index contributed by atoms with van der Waals surface area (Å²) in [5, 5.41) is 19.5. The fraction of sp³-hybridized carbons (Fsp3) is 0.292. The van der Waals surface area contributed by atoms with Gasteiger partial charge in [0.05, 0.1) is 17.1 Å². The number of likely N-dealkylation sites (N-methyl/N-ethyl adjacent to an activating group) is 1. The number of carbonyl (C=O) groups is 1. The molecule has 0 spiro atoms. The quantitative estimate of drug-likeness (QED) is 0.549. The molecule has 148 valence electrons. The van der Waals surface area contributed by atoms with Crippen LogP contribution in [-0.2, 0) is 11.2 Å². The summed E-state index contributed by atoms with van der Waals surface area (Å²) >= 11 is 0. The number of benzene rings is 2. The van der Waals surface area contributed by atoms with E-state index in [2.05, 4.69) is 25.1 Å². The number of hydrogen-bond acceptors (Lipinski definition) is 4. The van der Waals surface area contributed by atoms with Crippen molar-refractivity contribution >= 4 is 22.7 Å². The van der Waals surface area contributed by atoms with Crippen molar-refractivity contribution in [1.29, 1.82) is 5.26 Å². The van der Waals surface area contributed by atoms with Crippen molar-refractivity contribution < 1.29 is 9.90 Å². The molecule has 1 heterocycles. The summed E-state index contributed by atoms with van der Waals surface area (Å²) in [5.74, 6) is -0.315. The van der Waals surface area contributed by atoms with Crippen LogP contribution >= 0.6 is 0 Å². The molecule has 0 aliphatic rings. The van der Waals surface area contributed by atoms with E-state index >= 15 is 0 Å². The monoisotopic (exact) mass is 387 g/mol. The Morgan fingerprint density at radius 1 is 1.17 bits per heavy atom. The molecule has 0 aliphatic carbocycles. The number of fused-ring (bicyclic) bond motifs is 1. The van der Waals surface area contributed by atoms with Crippen LogP contribution in [-0.4, -0.2) is 29.7 Å².